The molecule has 1 unspecified atom stereocenters. The summed E-state index contributed by atoms with van der Waals surface area (Å²) in [5.41, 5.74) is 8.12. The van der Waals surface area contributed by atoms with Crippen molar-refractivity contribution in [1.82, 2.24) is 5.16 Å². The summed E-state index contributed by atoms with van der Waals surface area (Å²) >= 11 is 0. The first kappa shape index (κ1) is 17.5. The van der Waals surface area contributed by atoms with E-state index in [-0.39, 0.29) is 0 Å². The molecular weight excluding hydrogens is 344 g/mol. The Balaban J connectivity index is 1.34. The molecule has 1 N–H and O–H groups in total. The first-order chi connectivity index (χ1) is 13.9. The lowest BCUT2D eigenvalue weighted by Crippen LogP contribution is -2.08. The van der Waals surface area contributed by atoms with Crippen LogP contribution in [0.5, 0.6) is 0 Å². The summed E-state index contributed by atoms with van der Waals surface area (Å²) in [4.78, 5) is 0. The monoisotopic (exact) mass is 372 g/mol. The van der Waals surface area contributed by atoms with E-state index in [4.69, 9.17) is 4.52 Å². The van der Waals surface area contributed by atoms with E-state index < -0.39 is 0 Å². The maximum absolute atomic E-state index is 5.38. The summed E-state index contributed by atoms with van der Waals surface area (Å²) in [5, 5.41) is 7.93. The molecule has 144 valence electrons. The molecule has 0 saturated heterocycles. The number of benzene rings is 2. The van der Waals surface area contributed by atoms with Crippen molar-refractivity contribution in [2.24, 2.45) is 0 Å². The van der Waals surface area contributed by atoms with Crippen molar-refractivity contribution in [2.75, 3.05) is 5.32 Å². The van der Waals surface area contributed by atoms with Gasteiger partial charge in [0.05, 0.1) is 5.69 Å². The Labute approximate surface area is 167 Å². The first-order valence-corrected chi connectivity index (χ1v) is 10.7. The quantitative estimate of drug-likeness (QED) is 0.578. The number of hydrogen-bond acceptors (Lipinski definition) is 3. The zero-order valence-corrected chi connectivity index (χ0v) is 16.4. The summed E-state index contributed by atoms with van der Waals surface area (Å²) in [6.07, 6.45) is 10.8. The van der Waals surface area contributed by atoms with Gasteiger partial charge in [0.1, 0.15) is 12.0 Å². The average molecular weight is 373 g/mol. The lowest BCUT2D eigenvalue weighted by Gasteiger charge is -2.24. The van der Waals surface area contributed by atoms with Gasteiger partial charge in [-0.2, -0.15) is 0 Å². The largest absolute Gasteiger partial charge is 0.377 e. The average Bonchev–Trinajstić information content (AvgIpc) is 3.40. The van der Waals surface area contributed by atoms with Crippen LogP contribution in [0, 0.1) is 0 Å². The number of nitrogens with one attached hydrogen (secondary N) is 1. The minimum Gasteiger partial charge on any atom is -0.377 e. The summed E-state index contributed by atoms with van der Waals surface area (Å²) in [6, 6.07) is 17.5. The van der Waals surface area contributed by atoms with Gasteiger partial charge in [0, 0.05) is 12.5 Å². The Morgan fingerprint density at radius 3 is 2.61 bits per heavy atom. The minimum absolute atomic E-state index is 0.414. The van der Waals surface area contributed by atoms with Crippen LogP contribution in [-0.4, -0.2) is 5.16 Å². The van der Waals surface area contributed by atoms with Crippen LogP contribution in [0.1, 0.15) is 71.9 Å². The fraction of sp³-hybridized carbons (Fsp3) is 0.400. The zero-order valence-electron chi connectivity index (χ0n) is 16.4. The van der Waals surface area contributed by atoms with Crippen LogP contribution >= 0.6 is 0 Å². The van der Waals surface area contributed by atoms with E-state index in [0.29, 0.717) is 5.92 Å². The van der Waals surface area contributed by atoms with E-state index in [9.17, 15) is 0 Å². The van der Waals surface area contributed by atoms with E-state index in [1.54, 1.807) is 17.4 Å². The molecule has 0 aliphatic heterocycles. The molecule has 3 heteroatoms. The molecule has 5 rings (SSSR count). The van der Waals surface area contributed by atoms with Crippen molar-refractivity contribution in [2.45, 2.75) is 63.3 Å². The molecule has 1 atom stereocenters. The van der Waals surface area contributed by atoms with E-state index in [1.165, 1.54) is 43.2 Å². The predicted molar refractivity (Wildman–Crippen MR) is 113 cm³/mol. The summed E-state index contributed by atoms with van der Waals surface area (Å²) < 4.78 is 5.38. The van der Waals surface area contributed by atoms with Gasteiger partial charge in [-0.25, -0.2) is 0 Å². The van der Waals surface area contributed by atoms with Crippen LogP contribution in [0.25, 0.3) is 0 Å². The molecule has 0 spiro atoms. The van der Waals surface area contributed by atoms with Crippen LogP contribution in [-0.2, 0) is 19.4 Å². The van der Waals surface area contributed by atoms with Crippen molar-refractivity contribution >= 4 is 5.69 Å². The highest BCUT2D eigenvalue weighted by molar-refractivity contribution is 5.51. The van der Waals surface area contributed by atoms with Crippen molar-refractivity contribution < 1.29 is 4.52 Å². The second-order valence-electron chi connectivity index (χ2n) is 8.38. The van der Waals surface area contributed by atoms with Crippen molar-refractivity contribution in [3.63, 3.8) is 0 Å². The third kappa shape index (κ3) is 3.46. The fourth-order valence-corrected chi connectivity index (χ4v) is 5.13. The SMILES string of the molecule is c1ccc(CNc2conc2C2Cc3cccc(C4CCCCC4)c3C2)cc1. The number of nitrogens with zero attached hydrogens (tertiary/aromatic N) is 1. The highest BCUT2D eigenvalue weighted by Crippen LogP contribution is 2.42. The predicted octanol–water partition coefficient (Wildman–Crippen LogP) is 6.22. The van der Waals surface area contributed by atoms with E-state index in [2.05, 4.69) is 52.9 Å². The van der Waals surface area contributed by atoms with Gasteiger partial charge in [-0.1, -0.05) is 73.0 Å². The van der Waals surface area contributed by atoms with Crippen molar-refractivity contribution in [1.29, 1.82) is 0 Å². The van der Waals surface area contributed by atoms with E-state index in [0.717, 1.165) is 36.7 Å². The van der Waals surface area contributed by atoms with Gasteiger partial charge in [-0.05, 0) is 53.9 Å². The third-order valence-electron chi connectivity index (χ3n) is 6.58. The van der Waals surface area contributed by atoms with Crippen LogP contribution < -0.4 is 5.32 Å². The van der Waals surface area contributed by atoms with E-state index >= 15 is 0 Å². The van der Waals surface area contributed by atoms with E-state index in [1.807, 2.05) is 6.07 Å². The lowest BCUT2D eigenvalue weighted by molar-refractivity contribution is 0.405. The molecule has 0 bridgehead atoms. The Hall–Kier alpha value is -2.55. The highest BCUT2D eigenvalue weighted by Gasteiger charge is 2.31. The molecule has 3 nitrogen and oxygen atoms in total. The van der Waals surface area contributed by atoms with Crippen LogP contribution in [0.2, 0.25) is 0 Å². The van der Waals surface area contributed by atoms with Gasteiger partial charge in [-0.15, -0.1) is 0 Å². The van der Waals surface area contributed by atoms with Crippen molar-refractivity contribution in [3.05, 3.63) is 82.7 Å². The first-order valence-electron chi connectivity index (χ1n) is 10.7. The molecule has 2 aliphatic rings. The summed E-state index contributed by atoms with van der Waals surface area (Å²) in [6.45, 7) is 0.794. The molecule has 28 heavy (non-hydrogen) atoms. The topological polar surface area (TPSA) is 38.1 Å². The molecule has 0 radical (unpaired) electrons. The van der Waals surface area contributed by atoms with Gasteiger partial charge < -0.3 is 9.84 Å². The number of fused-ring (bicyclic) bond motifs is 1. The molecule has 2 aromatic carbocycles. The molecular formula is C25H28N2O. The Kier molecular flexibility index (Phi) is 4.90. The number of hydrogen-bond donors (Lipinski definition) is 1. The molecule has 1 saturated carbocycles. The molecule has 1 aromatic heterocycles. The van der Waals surface area contributed by atoms with Gasteiger partial charge in [0.15, 0.2) is 0 Å². The van der Waals surface area contributed by atoms with Gasteiger partial charge >= 0.3 is 0 Å². The Bertz CT molecular complexity index is 925. The number of aromatic nitrogens is 1. The second kappa shape index (κ2) is 7.83. The molecule has 1 fully saturated rings. The summed E-state index contributed by atoms with van der Waals surface area (Å²) in [5.74, 6) is 1.17. The fourth-order valence-electron chi connectivity index (χ4n) is 5.13. The van der Waals surface area contributed by atoms with Gasteiger partial charge in [0.2, 0.25) is 0 Å². The number of anilines is 1. The molecule has 1 heterocycles. The van der Waals surface area contributed by atoms with Crippen LogP contribution in [0.15, 0.2) is 59.3 Å². The van der Waals surface area contributed by atoms with Crippen LogP contribution in [0.4, 0.5) is 5.69 Å². The van der Waals surface area contributed by atoms with Crippen LogP contribution in [0.3, 0.4) is 0 Å². The lowest BCUT2D eigenvalue weighted by atomic mass is 9.81. The highest BCUT2D eigenvalue weighted by atomic mass is 16.5. The molecule has 0 amide bonds. The Morgan fingerprint density at radius 2 is 1.75 bits per heavy atom. The minimum atomic E-state index is 0.414. The normalized spacial score (nSPS) is 19.5. The van der Waals surface area contributed by atoms with Crippen molar-refractivity contribution in [3.8, 4) is 0 Å². The second-order valence-corrected chi connectivity index (χ2v) is 8.38. The third-order valence-corrected chi connectivity index (χ3v) is 6.58. The maximum Gasteiger partial charge on any atom is 0.147 e. The van der Waals surface area contributed by atoms with Gasteiger partial charge in [-0.3, -0.25) is 0 Å². The number of rotatable bonds is 5. The summed E-state index contributed by atoms with van der Waals surface area (Å²) in [7, 11) is 0. The Morgan fingerprint density at radius 1 is 0.893 bits per heavy atom. The maximum atomic E-state index is 5.38. The zero-order chi connectivity index (χ0) is 18.8. The molecule has 2 aliphatic carbocycles. The molecule has 3 aromatic rings. The van der Waals surface area contributed by atoms with Gasteiger partial charge in [0.25, 0.3) is 0 Å². The standard InChI is InChI=1S/C25H28N2O/c1-3-8-18(9-4-1)16-26-24-17-28-27-25(24)21-14-20-12-7-13-22(23(20)15-21)19-10-5-2-6-11-19/h1,3-4,7-9,12-13,17,19,21,26H,2,5-6,10-11,14-16H2. The smallest absolute Gasteiger partial charge is 0.147 e.